The maximum absolute atomic E-state index is 5.96. The van der Waals surface area contributed by atoms with Crippen molar-refractivity contribution in [1.29, 1.82) is 0 Å². The number of nitrogens with zero attached hydrogens (tertiary/aromatic N) is 1. The highest BCUT2D eigenvalue weighted by Gasteiger charge is 2.37. The van der Waals surface area contributed by atoms with E-state index in [9.17, 15) is 0 Å². The van der Waals surface area contributed by atoms with Gasteiger partial charge in [-0.3, -0.25) is 4.99 Å². The lowest BCUT2D eigenvalue weighted by molar-refractivity contribution is 0.218. The van der Waals surface area contributed by atoms with Crippen LogP contribution < -0.4 is 5.73 Å². The minimum Gasteiger partial charge on any atom is -0.487 e. The molecule has 2 rings (SSSR count). The summed E-state index contributed by atoms with van der Waals surface area (Å²) in [4.78, 5) is 4.61. The fourth-order valence-electron chi connectivity index (χ4n) is 2.52. The predicted octanol–water partition coefficient (Wildman–Crippen LogP) is 4.15. The third-order valence-electron chi connectivity index (χ3n) is 3.72. The summed E-state index contributed by atoms with van der Waals surface area (Å²) >= 11 is 0. The molecule has 0 bridgehead atoms. The molecule has 0 aromatic heterocycles. The maximum atomic E-state index is 5.96. The van der Waals surface area contributed by atoms with Crippen molar-refractivity contribution in [3.8, 4) is 0 Å². The predicted molar refractivity (Wildman–Crippen MR) is 97.0 cm³/mol. The van der Waals surface area contributed by atoms with Gasteiger partial charge in [0.2, 0.25) is 0 Å². The zero-order chi connectivity index (χ0) is 16.5. The van der Waals surface area contributed by atoms with E-state index >= 15 is 0 Å². The summed E-state index contributed by atoms with van der Waals surface area (Å²) in [6, 6.07) is 10.3. The largest absolute Gasteiger partial charge is 0.487 e. The quantitative estimate of drug-likeness (QED) is 0.401. The van der Waals surface area contributed by atoms with Crippen LogP contribution in [0.3, 0.4) is 0 Å². The fraction of sp³-hybridized carbons (Fsp3) is 0.250. The molecular formula is C20H24N2O. The summed E-state index contributed by atoms with van der Waals surface area (Å²) in [5.41, 5.74) is 7.58. The van der Waals surface area contributed by atoms with Crippen molar-refractivity contribution < 1.29 is 4.74 Å². The Labute approximate surface area is 138 Å². The average molecular weight is 308 g/mol. The number of aliphatic imine (C=N–C) groups is 1. The molecule has 0 spiro atoms. The molecule has 1 heterocycles. The van der Waals surface area contributed by atoms with Gasteiger partial charge in [0.1, 0.15) is 18.1 Å². The van der Waals surface area contributed by atoms with Crippen LogP contribution in [0.5, 0.6) is 0 Å². The molecular weight excluding hydrogens is 284 g/mol. The van der Waals surface area contributed by atoms with Crippen molar-refractivity contribution in [2.45, 2.75) is 25.5 Å². The fourth-order valence-corrected chi connectivity index (χ4v) is 2.52. The van der Waals surface area contributed by atoms with E-state index in [1.807, 2.05) is 48.6 Å². The van der Waals surface area contributed by atoms with Crippen LogP contribution in [-0.4, -0.2) is 11.8 Å². The summed E-state index contributed by atoms with van der Waals surface area (Å²) in [7, 11) is 0. The summed E-state index contributed by atoms with van der Waals surface area (Å²) in [6.45, 7) is 8.18. The van der Waals surface area contributed by atoms with Crippen LogP contribution >= 0.6 is 0 Å². The van der Waals surface area contributed by atoms with E-state index in [-0.39, 0.29) is 6.04 Å². The first-order valence-electron chi connectivity index (χ1n) is 7.85. The van der Waals surface area contributed by atoms with Gasteiger partial charge in [-0.1, -0.05) is 42.5 Å². The normalized spacial score (nSPS) is 17.2. The van der Waals surface area contributed by atoms with Gasteiger partial charge in [0, 0.05) is 0 Å². The molecule has 1 aliphatic rings. The average Bonchev–Trinajstić information content (AvgIpc) is 3.36. The molecule has 0 amide bonds. The standard InChI is InChI=1S/C20H24N2O/c1-3-9-17(10-4-2)19-20(22-19)18(13-8-14-21)23-15-16-11-6-5-7-12-16/h3-8,11-14,17,19H,1-2,9-10,15,21H2/b14-8-,18-13+. The zero-order valence-corrected chi connectivity index (χ0v) is 13.4. The molecule has 3 heteroatoms. The molecule has 0 fully saturated rings. The SMILES string of the molecule is C=CCC(CC=C)C1N=C1/C(=C\C=C/N)OCc1ccccc1. The maximum Gasteiger partial charge on any atom is 0.143 e. The number of hydrogen-bond acceptors (Lipinski definition) is 3. The lowest BCUT2D eigenvalue weighted by Gasteiger charge is -2.12. The van der Waals surface area contributed by atoms with Gasteiger partial charge in [0.05, 0.1) is 6.04 Å². The summed E-state index contributed by atoms with van der Waals surface area (Å²) < 4.78 is 5.96. The Morgan fingerprint density at radius 2 is 1.91 bits per heavy atom. The van der Waals surface area contributed by atoms with Gasteiger partial charge in [-0.25, -0.2) is 0 Å². The Kier molecular flexibility index (Phi) is 6.42. The Morgan fingerprint density at radius 1 is 1.22 bits per heavy atom. The first-order valence-corrected chi connectivity index (χ1v) is 7.85. The van der Waals surface area contributed by atoms with Crippen molar-refractivity contribution in [2.75, 3.05) is 0 Å². The van der Waals surface area contributed by atoms with Crippen LogP contribution in [0.2, 0.25) is 0 Å². The van der Waals surface area contributed by atoms with Crippen LogP contribution in [0.1, 0.15) is 18.4 Å². The Hall–Kier alpha value is -2.55. The van der Waals surface area contributed by atoms with Crippen LogP contribution in [0, 0.1) is 5.92 Å². The highest BCUT2D eigenvalue weighted by Crippen LogP contribution is 2.32. The topological polar surface area (TPSA) is 47.6 Å². The summed E-state index contributed by atoms with van der Waals surface area (Å²) in [5, 5.41) is 0. The van der Waals surface area contributed by atoms with Gasteiger partial charge in [0.15, 0.2) is 0 Å². The van der Waals surface area contributed by atoms with E-state index in [4.69, 9.17) is 10.5 Å². The second-order valence-corrected chi connectivity index (χ2v) is 5.46. The summed E-state index contributed by atoms with van der Waals surface area (Å²) in [5.74, 6) is 1.20. The van der Waals surface area contributed by atoms with Gasteiger partial charge in [-0.05, 0) is 42.7 Å². The molecule has 1 atom stereocenters. The second kappa shape index (κ2) is 8.79. The van der Waals surface area contributed by atoms with E-state index in [0.717, 1.165) is 29.9 Å². The molecule has 120 valence electrons. The molecule has 23 heavy (non-hydrogen) atoms. The molecule has 0 saturated heterocycles. The van der Waals surface area contributed by atoms with Crippen LogP contribution in [0.4, 0.5) is 0 Å². The van der Waals surface area contributed by atoms with Crippen LogP contribution in [0.15, 0.2) is 84.7 Å². The minimum absolute atomic E-state index is 0.194. The molecule has 1 unspecified atom stereocenters. The van der Waals surface area contributed by atoms with Gasteiger partial charge in [-0.15, -0.1) is 13.2 Å². The molecule has 1 aromatic rings. The molecule has 0 saturated carbocycles. The van der Waals surface area contributed by atoms with Gasteiger partial charge < -0.3 is 10.5 Å². The third kappa shape index (κ3) is 4.99. The number of rotatable bonds is 10. The lowest BCUT2D eigenvalue weighted by atomic mass is 9.94. The van der Waals surface area contributed by atoms with Crippen LogP contribution in [-0.2, 0) is 11.3 Å². The monoisotopic (exact) mass is 308 g/mol. The first kappa shape index (κ1) is 16.8. The Bertz CT molecular complexity index is 604. The van der Waals surface area contributed by atoms with E-state index in [0.29, 0.717) is 12.5 Å². The highest BCUT2D eigenvalue weighted by atomic mass is 16.5. The second-order valence-electron chi connectivity index (χ2n) is 5.46. The Balaban J connectivity index is 2.01. The molecule has 2 N–H and O–H groups in total. The van der Waals surface area contributed by atoms with Crippen molar-refractivity contribution in [3.05, 3.63) is 85.3 Å². The van der Waals surface area contributed by atoms with Gasteiger partial charge in [0.25, 0.3) is 0 Å². The number of benzene rings is 1. The van der Waals surface area contributed by atoms with Crippen LogP contribution in [0.25, 0.3) is 0 Å². The van der Waals surface area contributed by atoms with E-state index in [2.05, 4.69) is 18.2 Å². The van der Waals surface area contributed by atoms with Crippen molar-refractivity contribution in [2.24, 2.45) is 16.6 Å². The molecule has 1 aromatic carbocycles. The van der Waals surface area contributed by atoms with Gasteiger partial charge in [-0.2, -0.15) is 0 Å². The molecule has 3 nitrogen and oxygen atoms in total. The third-order valence-corrected chi connectivity index (χ3v) is 3.72. The van der Waals surface area contributed by atoms with E-state index < -0.39 is 0 Å². The molecule has 0 radical (unpaired) electrons. The number of hydrogen-bond donors (Lipinski definition) is 1. The highest BCUT2D eigenvalue weighted by molar-refractivity contribution is 6.12. The van der Waals surface area contributed by atoms with Crippen molar-refractivity contribution in [1.82, 2.24) is 0 Å². The first-order chi connectivity index (χ1) is 11.3. The molecule has 1 aliphatic heterocycles. The minimum atomic E-state index is 0.194. The Morgan fingerprint density at radius 3 is 2.52 bits per heavy atom. The molecule has 0 aliphatic carbocycles. The number of allylic oxidation sites excluding steroid dienone is 4. The van der Waals surface area contributed by atoms with Gasteiger partial charge >= 0.3 is 0 Å². The lowest BCUT2D eigenvalue weighted by Crippen LogP contribution is -2.14. The van der Waals surface area contributed by atoms with E-state index in [1.54, 1.807) is 6.08 Å². The smallest absolute Gasteiger partial charge is 0.143 e. The van der Waals surface area contributed by atoms with Crippen molar-refractivity contribution in [3.63, 3.8) is 0 Å². The summed E-state index contributed by atoms with van der Waals surface area (Å²) in [6.07, 6.45) is 10.9. The van der Waals surface area contributed by atoms with Crippen molar-refractivity contribution >= 4 is 5.71 Å². The number of ether oxygens (including phenoxy) is 1. The zero-order valence-electron chi connectivity index (χ0n) is 13.4. The number of nitrogens with two attached hydrogens (primary N) is 1. The van der Waals surface area contributed by atoms with E-state index in [1.165, 1.54) is 6.20 Å².